The molecule has 20 heavy (non-hydrogen) atoms. The van der Waals surface area contributed by atoms with Gasteiger partial charge in [0, 0.05) is 24.1 Å². The Hall–Kier alpha value is -1.76. The second kappa shape index (κ2) is 6.60. The van der Waals surface area contributed by atoms with Crippen LogP contribution in [0.15, 0.2) is 18.2 Å². The highest BCUT2D eigenvalue weighted by Gasteiger charge is 2.27. The molecule has 1 aromatic rings. The third-order valence-corrected chi connectivity index (χ3v) is 2.69. The van der Waals surface area contributed by atoms with Crippen LogP contribution in [-0.4, -0.2) is 24.4 Å². The molecule has 8 heteroatoms. The molecule has 0 radical (unpaired) electrons. The van der Waals surface area contributed by atoms with Gasteiger partial charge in [-0.2, -0.15) is 13.2 Å². The molecule has 0 atom stereocenters. The van der Waals surface area contributed by atoms with E-state index in [1.54, 1.807) is 5.32 Å². The van der Waals surface area contributed by atoms with Crippen LogP contribution < -0.4 is 11.1 Å². The van der Waals surface area contributed by atoms with E-state index in [2.05, 4.69) is 0 Å². The second-order valence-corrected chi connectivity index (χ2v) is 4.46. The van der Waals surface area contributed by atoms with Crippen molar-refractivity contribution in [2.24, 2.45) is 0 Å². The molecule has 0 aliphatic carbocycles. The fourth-order valence-corrected chi connectivity index (χ4v) is 1.63. The molecule has 3 N–H and O–H groups in total. The molecule has 4 nitrogen and oxygen atoms in total. The minimum Gasteiger partial charge on any atom is -0.399 e. The van der Waals surface area contributed by atoms with E-state index in [-0.39, 0.29) is 23.4 Å². The van der Waals surface area contributed by atoms with Crippen LogP contribution in [0.3, 0.4) is 0 Å². The summed E-state index contributed by atoms with van der Waals surface area (Å²) < 4.78 is 35.6. The molecule has 1 rings (SSSR count). The Bertz CT molecular complexity index is 518. The smallest absolute Gasteiger partial charge is 0.399 e. The number of hydrogen-bond donors (Lipinski definition) is 2. The van der Waals surface area contributed by atoms with Gasteiger partial charge >= 0.3 is 6.18 Å². The maximum absolute atomic E-state index is 11.9. The van der Waals surface area contributed by atoms with Crippen molar-refractivity contribution in [2.45, 2.75) is 19.0 Å². The van der Waals surface area contributed by atoms with E-state index in [1.807, 2.05) is 0 Å². The first-order chi connectivity index (χ1) is 9.19. The summed E-state index contributed by atoms with van der Waals surface area (Å²) in [4.78, 5) is 22.9. The Labute approximate surface area is 118 Å². The average molecular weight is 309 g/mol. The number of rotatable bonds is 5. The van der Waals surface area contributed by atoms with E-state index in [0.29, 0.717) is 5.69 Å². The number of nitrogens with two attached hydrogens (primary N) is 1. The average Bonchev–Trinajstić information content (AvgIpc) is 2.35. The zero-order valence-electron chi connectivity index (χ0n) is 10.3. The Kier molecular flexibility index (Phi) is 5.38. The summed E-state index contributed by atoms with van der Waals surface area (Å²) in [7, 11) is 0. The standard InChI is InChI=1S/C12H12ClF3N2O2/c13-9-2-1-7(17)5-8(9)10(19)3-4-11(20)18-6-12(14,15)16/h1-2,5H,3-4,6,17H2,(H,18,20). The molecule has 0 fully saturated rings. The summed E-state index contributed by atoms with van der Waals surface area (Å²) in [5, 5.41) is 1.86. The first-order valence-corrected chi connectivity index (χ1v) is 5.98. The summed E-state index contributed by atoms with van der Waals surface area (Å²) in [5.74, 6) is -1.31. The number of carbonyl (C=O) groups is 2. The Morgan fingerprint density at radius 1 is 1.25 bits per heavy atom. The molecule has 0 heterocycles. The largest absolute Gasteiger partial charge is 0.405 e. The molecule has 0 aliphatic rings. The van der Waals surface area contributed by atoms with Crippen LogP contribution in [0.1, 0.15) is 23.2 Å². The molecule has 1 aromatic carbocycles. The van der Waals surface area contributed by atoms with Gasteiger partial charge in [0.25, 0.3) is 0 Å². The number of halogens is 4. The van der Waals surface area contributed by atoms with Crippen molar-refractivity contribution in [3.63, 3.8) is 0 Å². The van der Waals surface area contributed by atoms with Crippen molar-refractivity contribution in [2.75, 3.05) is 12.3 Å². The molecular weight excluding hydrogens is 297 g/mol. The van der Waals surface area contributed by atoms with Crippen molar-refractivity contribution in [1.82, 2.24) is 5.32 Å². The number of carbonyl (C=O) groups excluding carboxylic acids is 2. The molecule has 0 bridgehead atoms. The first-order valence-electron chi connectivity index (χ1n) is 5.61. The van der Waals surface area contributed by atoms with Crippen molar-refractivity contribution in [3.05, 3.63) is 28.8 Å². The van der Waals surface area contributed by atoms with Gasteiger partial charge in [0.15, 0.2) is 5.78 Å². The number of nitrogens with one attached hydrogen (secondary N) is 1. The van der Waals surface area contributed by atoms with Crippen LogP contribution in [0.2, 0.25) is 5.02 Å². The van der Waals surface area contributed by atoms with Gasteiger partial charge in [-0.15, -0.1) is 0 Å². The minimum absolute atomic E-state index is 0.148. The zero-order chi connectivity index (χ0) is 15.3. The highest BCUT2D eigenvalue weighted by molar-refractivity contribution is 6.34. The van der Waals surface area contributed by atoms with Gasteiger partial charge in [0.05, 0.1) is 5.02 Å². The normalized spacial score (nSPS) is 11.2. The fourth-order valence-electron chi connectivity index (χ4n) is 1.41. The molecular formula is C12H12ClF3N2O2. The second-order valence-electron chi connectivity index (χ2n) is 4.05. The highest BCUT2D eigenvalue weighted by Crippen LogP contribution is 2.21. The SMILES string of the molecule is Nc1ccc(Cl)c(C(=O)CCC(=O)NCC(F)(F)F)c1. The van der Waals surface area contributed by atoms with Crippen LogP contribution in [0.25, 0.3) is 0 Å². The number of benzene rings is 1. The van der Waals surface area contributed by atoms with E-state index in [1.165, 1.54) is 18.2 Å². The third kappa shape index (κ3) is 5.48. The number of alkyl halides is 3. The van der Waals surface area contributed by atoms with Crippen LogP contribution >= 0.6 is 11.6 Å². The summed E-state index contributed by atoms with van der Waals surface area (Å²) >= 11 is 5.80. The van der Waals surface area contributed by atoms with Crippen LogP contribution in [-0.2, 0) is 4.79 Å². The lowest BCUT2D eigenvalue weighted by Crippen LogP contribution is -2.33. The number of Topliss-reactive ketones (excluding diaryl/α,β-unsaturated/α-hetero) is 1. The molecule has 1 amide bonds. The molecule has 0 spiro atoms. The molecule has 0 unspecified atom stereocenters. The van der Waals surface area contributed by atoms with E-state index < -0.39 is 24.4 Å². The van der Waals surface area contributed by atoms with E-state index in [4.69, 9.17) is 17.3 Å². The van der Waals surface area contributed by atoms with E-state index in [9.17, 15) is 22.8 Å². The molecule has 0 aromatic heterocycles. The molecule has 0 aliphatic heterocycles. The molecule has 110 valence electrons. The summed E-state index contributed by atoms with van der Waals surface area (Å²) in [6, 6.07) is 4.31. The van der Waals surface area contributed by atoms with Gasteiger partial charge in [-0.3, -0.25) is 9.59 Å². The fraction of sp³-hybridized carbons (Fsp3) is 0.333. The van der Waals surface area contributed by atoms with E-state index in [0.717, 1.165) is 0 Å². The van der Waals surface area contributed by atoms with Gasteiger partial charge in [0.2, 0.25) is 5.91 Å². The summed E-state index contributed by atoms with van der Waals surface area (Å²) in [6.45, 7) is -1.42. The maximum Gasteiger partial charge on any atom is 0.405 e. The summed E-state index contributed by atoms with van der Waals surface area (Å²) in [6.07, 6.45) is -5.07. The Morgan fingerprint density at radius 3 is 2.50 bits per heavy atom. The van der Waals surface area contributed by atoms with Crippen LogP contribution in [0, 0.1) is 0 Å². The van der Waals surface area contributed by atoms with Crippen molar-refractivity contribution < 1.29 is 22.8 Å². The predicted molar refractivity (Wildman–Crippen MR) is 68.5 cm³/mol. The minimum atomic E-state index is -4.48. The van der Waals surface area contributed by atoms with E-state index >= 15 is 0 Å². The number of hydrogen-bond acceptors (Lipinski definition) is 3. The van der Waals surface area contributed by atoms with Gasteiger partial charge in [-0.05, 0) is 18.2 Å². The van der Waals surface area contributed by atoms with Crippen LogP contribution in [0.4, 0.5) is 18.9 Å². The van der Waals surface area contributed by atoms with Gasteiger partial charge in [-0.1, -0.05) is 11.6 Å². The lowest BCUT2D eigenvalue weighted by Gasteiger charge is -2.08. The third-order valence-electron chi connectivity index (χ3n) is 2.36. The monoisotopic (exact) mass is 308 g/mol. The Balaban J connectivity index is 2.51. The zero-order valence-corrected chi connectivity index (χ0v) is 11.0. The van der Waals surface area contributed by atoms with Crippen LogP contribution in [0.5, 0.6) is 0 Å². The Morgan fingerprint density at radius 2 is 1.90 bits per heavy atom. The molecule has 0 saturated heterocycles. The van der Waals surface area contributed by atoms with Crippen molar-refractivity contribution in [3.8, 4) is 0 Å². The first kappa shape index (κ1) is 16.3. The lowest BCUT2D eigenvalue weighted by atomic mass is 10.1. The number of ketones is 1. The highest BCUT2D eigenvalue weighted by atomic mass is 35.5. The maximum atomic E-state index is 11.9. The molecule has 0 saturated carbocycles. The van der Waals surface area contributed by atoms with Crippen molar-refractivity contribution >= 4 is 29.0 Å². The number of amides is 1. The lowest BCUT2D eigenvalue weighted by molar-refractivity contribution is -0.138. The summed E-state index contributed by atoms with van der Waals surface area (Å²) in [5.41, 5.74) is 5.98. The van der Waals surface area contributed by atoms with Gasteiger partial charge < -0.3 is 11.1 Å². The quantitative estimate of drug-likeness (QED) is 0.648. The predicted octanol–water partition coefficient (Wildman–Crippen LogP) is 2.56. The van der Waals surface area contributed by atoms with Gasteiger partial charge in [-0.25, -0.2) is 0 Å². The topological polar surface area (TPSA) is 72.2 Å². The van der Waals surface area contributed by atoms with Crippen molar-refractivity contribution in [1.29, 1.82) is 0 Å². The number of anilines is 1. The number of nitrogen functional groups attached to an aromatic ring is 1. The van der Waals surface area contributed by atoms with Gasteiger partial charge in [0.1, 0.15) is 6.54 Å².